The molecule has 0 aliphatic heterocycles. The van der Waals surface area contributed by atoms with Crippen LogP contribution in [-0.4, -0.2) is 14.5 Å². The van der Waals surface area contributed by atoms with Gasteiger partial charge in [-0.2, -0.15) is 0 Å². The number of nitrogens with zero attached hydrogens (tertiary/aromatic N) is 3. The molecule has 0 saturated heterocycles. The van der Waals surface area contributed by atoms with E-state index in [0.29, 0.717) is 5.82 Å². The van der Waals surface area contributed by atoms with Crippen molar-refractivity contribution in [3.05, 3.63) is 30.4 Å². The summed E-state index contributed by atoms with van der Waals surface area (Å²) in [6, 6.07) is 3.77. The number of imidazole rings is 1. The maximum Gasteiger partial charge on any atom is 0.123 e. The second-order valence-electron chi connectivity index (χ2n) is 3.22. The molecule has 0 amide bonds. The molecular weight excluding hydrogens is 176 g/mol. The first kappa shape index (κ1) is 8.74. The Morgan fingerprint density at radius 1 is 1.36 bits per heavy atom. The maximum atomic E-state index is 5.61. The summed E-state index contributed by atoms with van der Waals surface area (Å²) >= 11 is 0. The molecule has 0 atom stereocenters. The van der Waals surface area contributed by atoms with Gasteiger partial charge in [-0.1, -0.05) is 0 Å². The number of pyridine rings is 1. The first-order valence-corrected chi connectivity index (χ1v) is 4.38. The van der Waals surface area contributed by atoms with Crippen molar-refractivity contribution in [1.29, 1.82) is 0 Å². The van der Waals surface area contributed by atoms with Gasteiger partial charge in [0.05, 0.1) is 11.9 Å². The van der Waals surface area contributed by atoms with E-state index in [1.165, 1.54) is 0 Å². The quantitative estimate of drug-likeness (QED) is 0.735. The third-order valence-electron chi connectivity index (χ3n) is 2.30. The van der Waals surface area contributed by atoms with Crippen molar-refractivity contribution >= 4 is 5.82 Å². The summed E-state index contributed by atoms with van der Waals surface area (Å²) in [5.74, 6) is 1.51. The van der Waals surface area contributed by atoms with Crippen LogP contribution in [0.15, 0.2) is 24.5 Å². The SMILES string of the molecule is Cc1ncc(-c2ccnc(N)c2)n1C. The number of aryl methyl sites for hydroxylation is 1. The highest BCUT2D eigenvalue weighted by molar-refractivity contribution is 5.62. The van der Waals surface area contributed by atoms with Gasteiger partial charge < -0.3 is 10.3 Å². The van der Waals surface area contributed by atoms with Crippen LogP contribution in [0.2, 0.25) is 0 Å². The molecular formula is C10H12N4. The second kappa shape index (κ2) is 3.14. The van der Waals surface area contributed by atoms with Crippen molar-refractivity contribution in [2.24, 2.45) is 7.05 Å². The summed E-state index contributed by atoms with van der Waals surface area (Å²) in [5.41, 5.74) is 7.71. The Labute approximate surface area is 82.4 Å². The Kier molecular flexibility index (Phi) is 1.96. The predicted octanol–water partition coefficient (Wildman–Crippen LogP) is 1.37. The van der Waals surface area contributed by atoms with Crippen LogP contribution in [0, 0.1) is 6.92 Å². The zero-order valence-electron chi connectivity index (χ0n) is 8.23. The number of anilines is 1. The van der Waals surface area contributed by atoms with Crippen molar-refractivity contribution in [2.75, 3.05) is 5.73 Å². The molecule has 14 heavy (non-hydrogen) atoms. The third-order valence-corrected chi connectivity index (χ3v) is 2.30. The Morgan fingerprint density at radius 2 is 2.14 bits per heavy atom. The van der Waals surface area contributed by atoms with E-state index in [1.54, 1.807) is 6.20 Å². The molecule has 0 aromatic carbocycles. The topological polar surface area (TPSA) is 56.7 Å². The summed E-state index contributed by atoms with van der Waals surface area (Å²) < 4.78 is 2.02. The molecule has 72 valence electrons. The van der Waals surface area contributed by atoms with E-state index in [9.17, 15) is 0 Å². The number of nitrogens with two attached hydrogens (primary N) is 1. The zero-order chi connectivity index (χ0) is 10.1. The number of hydrogen-bond acceptors (Lipinski definition) is 3. The maximum absolute atomic E-state index is 5.61. The molecule has 0 saturated carbocycles. The normalized spacial score (nSPS) is 10.4. The molecule has 0 unspecified atom stereocenters. The Hall–Kier alpha value is -1.84. The molecule has 2 aromatic heterocycles. The standard InChI is InChI=1S/C10H12N4/c1-7-13-6-9(14(7)2)8-3-4-12-10(11)5-8/h3-6H,1-2H3,(H2,11,12). The fourth-order valence-electron chi connectivity index (χ4n) is 1.38. The van der Waals surface area contributed by atoms with Gasteiger partial charge in [-0.15, -0.1) is 0 Å². The highest BCUT2D eigenvalue weighted by Crippen LogP contribution is 2.20. The molecule has 0 spiro atoms. The van der Waals surface area contributed by atoms with Gasteiger partial charge in [0.25, 0.3) is 0 Å². The van der Waals surface area contributed by atoms with Crippen LogP contribution in [0.3, 0.4) is 0 Å². The predicted molar refractivity (Wildman–Crippen MR) is 55.6 cm³/mol. The van der Waals surface area contributed by atoms with E-state index >= 15 is 0 Å². The van der Waals surface area contributed by atoms with E-state index in [0.717, 1.165) is 17.1 Å². The van der Waals surface area contributed by atoms with Crippen molar-refractivity contribution in [1.82, 2.24) is 14.5 Å². The van der Waals surface area contributed by atoms with Gasteiger partial charge in [0, 0.05) is 18.8 Å². The van der Waals surface area contributed by atoms with E-state index in [4.69, 9.17) is 5.73 Å². The lowest BCUT2D eigenvalue weighted by molar-refractivity contribution is 0.865. The molecule has 2 heterocycles. The summed E-state index contributed by atoms with van der Waals surface area (Å²) in [5, 5.41) is 0. The van der Waals surface area contributed by atoms with Gasteiger partial charge in [-0.25, -0.2) is 9.97 Å². The molecule has 0 aliphatic rings. The molecule has 0 bridgehead atoms. The Morgan fingerprint density at radius 3 is 2.71 bits per heavy atom. The first-order chi connectivity index (χ1) is 6.68. The summed E-state index contributed by atoms with van der Waals surface area (Å²) in [6.45, 7) is 1.97. The molecule has 2 rings (SSSR count). The average Bonchev–Trinajstić information content (AvgIpc) is 2.48. The average molecular weight is 188 g/mol. The van der Waals surface area contributed by atoms with Gasteiger partial charge >= 0.3 is 0 Å². The van der Waals surface area contributed by atoms with Crippen LogP contribution in [0.4, 0.5) is 5.82 Å². The van der Waals surface area contributed by atoms with Crippen molar-refractivity contribution in [3.63, 3.8) is 0 Å². The zero-order valence-corrected chi connectivity index (χ0v) is 8.23. The molecule has 2 N–H and O–H groups in total. The van der Waals surface area contributed by atoms with Crippen LogP contribution in [0.25, 0.3) is 11.3 Å². The van der Waals surface area contributed by atoms with Crippen LogP contribution in [0.5, 0.6) is 0 Å². The first-order valence-electron chi connectivity index (χ1n) is 4.38. The fraction of sp³-hybridized carbons (Fsp3) is 0.200. The smallest absolute Gasteiger partial charge is 0.123 e. The molecule has 4 heteroatoms. The minimum absolute atomic E-state index is 0.529. The van der Waals surface area contributed by atoms with Gasteiger partial charge in [-0.3, -0.25) is 0 Å². The highest BCUT2D eigenvalue weighted by atomic mass is 15.0. The third kappa shape index (κ3) is 1.35. The summed E-state index contributed by atoms with van der Waals surface area (Å²) in [7, 11) is 1.98. The van der Waals surface area contributed by atoms with E-state index < -0.39 is 0 Å². The molecule has 0 aliphatic carbocycles. The minimum atomic E-state index is 0.529. The second-order valence-corrected chi connectivity index (χ2v) is 3.22. The number of hydrogen-bond donors (Lipinski definition) is 1. The Bertz CT molecular complexity index is 459. The lowest BCUT2D eigenvalue weighted by atomic mass is 10.2. The molecule has 0 radical (unpaired) electrons. The van der Waals surface area contributed by atoms with Gasteiger partial charge in [0.15, 0.2) is 0 Å². The minimum Gasteiger partial charge on any atom is -0.384 e. The van der Waals surface area contributed by atoms with Crippen molar-refractivity contribution < 1.29 is 0 Å². The molecule has 2 aromatic rings. The van der Waals surface area contributed by atoms with E-state index in [1.807, 2.05) is 36.9 Å². The summed E-state index contributed by atoms with van der Waals surface area (Å²) in [4.78, 5) is 8.17. The van der Waals surface area contributed by atoms with E-state index in [2.05, 4.69) is 9.97 Å². The van der Waals surface area contributed by atoms with Gasteiger partial charge in [0.1, 0.15) is 11.6 Å². The summed E-state index contributed by atoms with van der Waals surface area (Å²) in [6.07, 6.45) is 3.54. The monoisotopic (exact) mass is 188 g/mol. The lowest BCUT2D eigenvalue weighted by Gasteiger charge is -2.03. The van der Waals surface area contributed by atoms with Crippen LogP contribution in [-0.2, 0) is 7.05 Å². The number of nitrogen functional groups attached to an aromatic ring is 1. The molecule has 0 fully saturated rings. The van der Waals surface area contributed by atoms with Gasteiger partial charge in [0.2, 0.25) is 0 Å². The Balaban J connectivity index is 2.55. The van der Waals surface area contributed by atoms with Crippen LogP contribution in [0.1, 0.15) is 5.82 Å². The largest absolute Gasteiger partial charge is 0.384 e. The van der Waals surface area contributed by atoms with Crippen LogP contribution < -0.4 is 5.73 Å². The fourth-order valence-corrected chi connectivity index (χ4v) is 1.38. The molecule has 4 nitrogen and oxygen atoms in total. The highest BCUT2D eigenvalue weighted by Gasteiger charge is 2.05. The van der Waals surface area contributed by atoms with Crippen molar-refractivity contribution in [3.8, 4) is 11.3 Å². The number of rotatable bonds is 1. The van der Waals surface area contributed by atoms with Gasteiger partial charge in [-0.05, 0) is 19.1 Å². The van der Waals surface area contributed by atoms with Crippen LogP contribution >= 0.6 is 0 Å². The lowest BCUT2D eigenvalue weighted by Crippen LogP contribution is -1.95. The van der Waals surface area contributed by atoms with Crippen molar-refractivity contribution in [2.45, 2.75) is 6.92 Å². The number of aromatic nitrogens is 3. The van der Waals surface area contributed by atoms with E-state index in [-0.39, 0.29) is 0 Å².